The summed E-state index contributed by atoms with van der Waals surface area (Å²) in [4.78, 5) is 40.4. The van der Waals surface area contributed by atoms with Crippen LogP contribution in [-0.2, 0) is 22.4 Å². The van der Waals surface area contributed by atoms with Crippen LogP contribution in [0.3, 0.4) is 0 Å². The van der Waals surface area contributed by atoms with E-state index in [0.717, 1.165) is 25.7 Å². The first-order valence-corrected chi connectivity index (χ1v) is 10.2. The lowest BCUT2D eigenvalue weighted by atomic mass is 9.98. The molecule has 0 saturated carbocycles. The van der Waals surface area contributed by atoms with Crippen molar-refractivity contribution in [3.63, 3.8) is 0 Å². The molecule has 2 aliphatic rings. The van der Waals surface area contributed by atoms with Crippen LogP contribution in [0, 0.1) is 5.92 Å². The molecule has 148 valence electrons. The van der Waals surface area contributed by atoms with Crippen molar-refractivity contribution in [3.8, 4) is 0 Å². The minimum Gasteiger partial charge on any atom is -0.444 e. The fourth-order valence-electron chi connectivity index (χ4n) is 3.41. The van der Waals surface area contributed by atoms with E-state index in [1.807, 2.05) is 26.8 Å². The number of ether oxygens (including phenoxy) is 1. The van der Waals surface area contributed by atoms with Gasteiger partial charge in [-0.1, -0.05) is 0 Å². The number of hydrogen-bond donors (Lipinski definition) is 2. The number of carbonyl (C=O) groups is 3. The monoisotopic (exact) mass is 393 g/mol. The van der Waals surface area contributed by atoms with Crippen LogP contribution in [0.4, 0.5) is 4.79 Å². The summed E-state index contributed by atoms with van der Waals surface area (Å²) in [6.07, 6.45) is 4.19. The van der Waals surface area contributed by atoms with Gasteiger partial charge in [-0.25, -0.2) is 4.79 Å². The van der Waals surface area contributed by atoms with E-state index in [2.05, 4.69) is 10.9 Å². The van der Waals surface area contributed by atoms with Gasteiger partial charge < -0.3 is 9.64 Å². The van der Waals surface area contributed by atoms with Crippen LogP contribution in [-0.4, -0.2) is 41.5 Å². The van der Waals surface area contributed by atoms with E-state index in [4.69, 9.17) is 4.74 Å². The Morgan fingerprint density at radius 3 is 2.67 bits per heavy atom. The third kappa shape index (κ3) is 5.00. The van der Waals surface area contributed by atoms with Crippen molar-refractivity contribution in [2.75, 3.05) is 13.1 Å². The highest BCUT2D eigenvalue weighted by molar-refractivity contribution is 7.14. The van der Waals surface area contributed by atoms with Crippen molar-refractivity contribution < 1.29 is 19.1 Å². The molecule has 8 heteroatoms. The molecule has 2 heterocycles. The van der Waals surface area contributed by atoms with Gasteiger partial charge in [0.25, 0.3) is 5.91 Å². The van der Waals surface area contributed by atoms with E-state index in [-0.39, 0.29) is 17.7 Å². The van der Waals surface area contributed by atoms with Crippen molar-refractivity contribution >= 4 is 29.2 Å². The Bertz CT molecular complexity index is 716. The summed E-state index contributed by atoms with van der Waals surface area (Å²) in [6.45, 7) is 6.31. The molecule has 1 atom stereocenters. The Labute approximate surface area is 163 Å². The molecule has 0 radical (unpaired) electrons. The van der Waals surface area contributed by atoms with Gasteiger partial charge in [-0.2, -0.15) is 0 Å². The Balaban J connectivity index is 1.49. The van der Waals surface area contributed by atoms with E-state index >= 15 is 0 Å². The highest BCUT2D eigenvalue weighted by Crippen LogP contribution is 2.30. The summed E-state index contributed by atoms with van der Waals surface area (Å²) >= 11 is 1.49. The molecular formula is C19H27N3O4S. The summed E-state index contributed by atoms with van der Waals surface area (Å²) in [5.41, 5.74) is 5.70. The number of nitrogens with one attached hydrogen (secondary N) is 2. The number of nitrogens with zero attached hydrogens (tertiary/aromatic N) is 1. The van der Waals surface area contributed by atoms with Gasteiger partial charge in [-0.15, -0.1) is 11.3 Å². The highest BCUT2D eigenvalue weighted by atomic mass is 32.1. The first-order valence-electron chi connectivity index (χ1n) is 9.42. The fraction of sp³-hybridized carbons (Fsp3) is 0.632. The Hall–Kier alpha value is -2.09. The second-order valence-corrected chi connectivity index (χ2v) is 9.26. The van der Waals surface area contributed by atoms with Gasteiger partial charge >= 0.3 is 6.09 Å². The maximum atomic E-state index is 12.4. The van der Waals surface area contributed by atoms with Crippen molar-refractivity contribution in [1.29, 1.82) is 0 Å². The molecule has 7 nitrogen and oxygen atoms in total. The maximum absolute atomic E-state index is 12.4. The van der Waals surface area contributed by atoms with Gasteiger partial charge in [0.1, 0.15) is 5.60 Å². The molecule has 1 aromatic heterocycles. The number of amides is 3. The van der Waals surface area contributed by atoms with Crippen LogP contribution in [0.1, 0.15) is 60.1 Å². The zero-order chi connectivity index (χ0) is 19.6. The van der Waals surface area contributed by atoms with Crippen LogP contribution in [0.15, 0.2) is 6.07 Å². The van der Waals surface area contributed by atoms with Crippen molar-refractivity contribution in [2.24, 2.45) is 5.92 Å². The first kappa shape index (κ1) is 19.7. The summed E-state index contributed by atoms with van der Waals surface area (Å²) in [7, 11) is 0. The van der Waals surface area contributed by atoms with Crippen LogP contribution in [0.2, 0.25) is 0 Å². The van der Waals surface area contributed by atoms with Gasteiger partial charge in [-0.05, 0) is 64.5 Å². The molecule has 1 unspecified atom stereocenters. The first-order chi connectivity index (χ1) is 12.7. The fourth-order valence-corrected chi connectivity index (χ4v) is 4.56. The minimum atomic E-state index is -0.568. The van der Waals surface area contributed by atoms with Gasteiger partial charge in [0.15, 0.2) is 0 Å². The third-order valence-corrected chi connectivity index (χ3v) is 5.95. The van der Waals surface area contributed by atoms with E-state index in [0.29, 0.717) is 24.4 Å². The Morgan fingerprint density at radius 1 is 1.19 bits per heavy atom. The Kier molecular flexibility index (Phi) is 5.74. The number of fused-ring (bicyclic) bond motifs is 1. The molecule has 0 spiro atoms. The smallest absolute Gasteiger partial charge is 0.410 e. The van der Waals surface area contributed by atoms with E-state index in [9.17, 15) is 14.4 Å². The summed E-state index contributed by atoms with van der Waals surface area (Å²) in [5, 5.41) is 0. The van der Waals surface area contributed by atoms with Gasteiger partial charge in [0.2, 0.25) is 5.91 Å². The van der Waals surface area contributed by atoms with Gasteiger partial charge in [0, 0.05) is 18.0 Å². The van der Waals surface area contributed by atoms with Crippen LogP contribution in [0.5, 0.6) is 0 Å². The normalized spacial score (nSPS) is 19.4. The lowest BCUT2D eigenvalue weighted by Crippen LogP contribution is -2.50. The van der Waals surface area contributed by atoms with Crippen LogP contribution in [0.25, 0.3) is 0 Å². The Morgan fingerprint density at radius 2 is 1.96 bits per heavy atom. The van der Waals surface area contributed by atoms with Gasteiger partial charge in [-0.3, -0.25) is 20.4 Å². The largest absolute Gasteiger partial charge is 0.444 e. The number of piperidine rings is 1. The second-order valence-electron chi connectivity index (χ2n) is 8.12. The van der Waals surface area contributed by atoms with Crippen molar-refractivity contribution in [2.45, 2.75) is 58.5 Å². The number of rotatable bonds is 2. The zero-order valence-corrected chi connectivity index (χ0v) is 16.9. The number of thiophene rings is 1. The molecular weight excluding hydrogens is 366 g/mol. The molecule has 27 heavy (non-hydrogen) atoms. The van der Waals surface area contributed by atoms with Crippen molar-refractivity contribution in [3.05, 3.63) is 21.4 Å². The molecule has 1 fully saturated rings. The van der Waals surface area contributed by atoms with E-state index < -0.39 is 11.7 Å². The molecule has 0 aromatic carbocycles. The van der Waals surface area contributed by atoms with Crippen molar-refractivity contribution in [1.82, 2.24) is 15.8 Å². The van der Waals surface area contributed by atoms with Gasteiger partial charge in [0.05, 0.1) is 10.8 Å². The number of aryl methyl sites for hydroxylation is 2. The molecule has 2 N–H and O–H groups in total. The lowest BCUT2D eigenvalue weighted by molar-refractivity contribution is -0.127. The number of likely N-dealkylation sites (tertiary alicyclic amines) is 1. The highest BCUT2D eigenvalue weighted by Gasteiger charge is 2.31. The second kappa shape index (κ2) is 7.88. The zero-order valence-electron chi connectivity index (χ0n) is 16.1. The molecule has 3 amide bonds. The predicted molar refractivity (Wildman–Crippen MR) is 102 cm³/mol. The lowest BCUT2D eigenvalue weighted by Gasteiger charge is -2.33. The number of hydrogen-bond acceptors (Lipinski definition) is 5. The average molecular weight is 394 g/mol. The quantitative estimate of drug-likeness (QED) is 0.756. The summed E-state index contributed by atoms with van der Waals surface area (Å²) < 4.78 is 5.38. The summed E-state index contributed by atoms with van der Waals surface area (Å²) in [5.74, 6) is -0.928. The molecule has 1 saturated heterocycles. The van der Waals surface area contributed by atoms with E-state index in [1.165, 1.54) is 21.8 Å². The standard InChI is InChI=1S/C19H27N3O4S/c1-19(2,3)26-18(25)22-9-5-7-13(11-22)16(23)20-21-17(24)15-10-12-6-4-8-14(12)27-15/h10,13H,4-9,11H2,1-3H3,(H,20,23)(H,21,24). The predicted octanol–water partition coefficient (Wildman–Crippen LogP) is 2.64. The third-order valence-electron chi connectivity index (χ3n) is 4.71. The number of hydrazine groups is 1. The van der Waals surface area contributed by atoms with Crippen LogP contribution < -0.4 is 10.9 Å². The molecule has 3 rings (SSSR count). The number of carbonyl (C=O) groups excluding carboxylic acids is 3. The maximum Gasteiger partial charge on any atom is 0.410 e. The topological polar surface area (TPSA) is 87.7 Å². The minimum absolute atomic E-state index is 0.277. The molecule has 1 aliphatic heterocycles. The molecule has 1 aromatic rings. The van der Waals surface area contributed by atoms with E-state index in [1.54, 1.807) is 4.90 Å². The van der Waals surface area contributed by atoms with Crippen LogP contribution >= 0.6 is 11.3 Å². The molecule has 1 aliphatic carbocycles. The molecule has 0 bridgehead atoms. The average Bonchev–Trinajstić information content (AvgIpc) is 3.20. The SMILES string of the molecule is CC(C)(C)OC(=O)N1CCCC(C(=O)NNC(=O)c2cc3c(s2)CCC3)C1. The summed E-state index contributed by atoms with van der Waals surface area (Å²) in [6, 6.07) is 1.92.